The van der Waals surface area contributed by atoms with Crippen LogP contribution in [0, 0.1) is 0 Å². The molecule has 2 aliphatic heterocycles. The summed E-state index contributed by atoms with van der Waals surface area (Å²) in [6.07, 6.45) is 5.92. The second-order valence-electron chi connectivity index (χ2n) is 5.81. The van der Waals surface area contributed by atoms with Gasteiger partial charge in [-0.1, -0.05) is 12.8 Å². The van der Waals surface area contributed by atoms with Gasteiger partial charge in [-0.2, -0.15) is 0 Å². The largest absolute Gasteiger partial charge is 0.379 e. The van der Waals surface area contributed by atoms with Crippen LogP contribution in [0.1, 0.15) is 32.1 Å². The van der Waals surface area contributed by atoms with E-state index >= 15 is 0 Å². The highest BCUT2D eigenvalue weighted by molar-refractivity contribution is 5.76. The third-order valence-electron chi connectivity index (χ3n) is 4.21. The van der Waals surface area contributed by atoms with Crippen molar-refractivity contribution < 1.29 is 9.53 Å². The van der Waals surface area contributed by atoms with Crippen molar-refractivity contribution in [3.05, 3.63) is 0 Å². The van der Waals surface area contributed by atoms with E-state index in [1.165, 1.54) is 38.8 Å². The number of nitrogens with zero attached hydrogens (tertiary/aromatic N) is 2. The molecule has 0 saturated carbocycles. The highest BCUT2D eigenvalue weighted by Gasteiger charge is 2.12. The summed E-state index contributed by atoms with van der Waals surface area (Å²) in [4.78, 5) is 16.6. The van der Waals surface area contributed by atoms with E-state index in [9.17, 15) is 4.79 Å². The summed E-state index contributed by atoms with van der Waals surface area (Å²) in [7, 11) is 0. The van der Waals surface area contributed by atoms with E-state index in [1.807, 2.05) is 0 Å². The van der Waals surface area contributed by atoms with Gasteiger partial charge in [-0.05, 0) is 25.9 Å². The van der Waals surface area contributed by atoms with Crippen LogP contribution in [0.15, 0.2) is 0 Å². The van der Waals surface area contributed by atoms with Crippen molar-refractivity contribution in [2.75, 3.05) is 59.0 Å². The normalized spacial score (nSPS) is 22.4. The van der Waals surface area contributed by atoms with Gasteiger partial charge in [-0.15, -0.1) is 0 Å². The van der Waals surface area contributed by atoms with Crippen LogP contribution in [0.25, 0.3) is 0 Å². The number of amides is 1. The molecule has 20 heavy (non-hydrogen) atoms. The molecule has 0 aromatic carbocycles. The van der Waals surface area contributed by atoms with Gasteiger partial charge in [0.25, 0.3) is 0 Å². The van der Waals surface area contributed by atoms with Crippen LogP contribution in [0.5, 0.6) is 0 Å². The Hall–Kier alpha value is -0.650. The first kappa shape index (κ1) is 15.7. The van der Waals surface area contributed by atoms with Gasteiger partial charge in [0, 0.05) is 39.1 Å². The first-order valence-electron chi connectivity index (χ1n) is 8.14. The van der Waals surface area contributed by atoms with Gasteiger partial charge < -0.3 is 15.0 Å². The minimum absolute atomic E-state index is 0.197. The van der Waals surface area contributed by atoms with E-state index in [0.717, 1.165) is 45.9 Å². The maximum absolute atomic E-state index is 11.8. The monoisotopic (exact) mass is 283 g/mol. The van der Waals surface area contributed by atoms with E-state index in [0.29, 0.717) is 6.42 Å². The molecule has 0 spiro atoms. The molecule has 2 rings (SSSR count). The molecule has 1 N–H and O–H groups in total. The predicted octanol–water partition coefficient (Wildman–Crippen LogP) is 0.701. The lowest BCUT2D eigenvalue weighted by Gasteiger charge is -2.26. The molecule has 0 aromatic heterocycles. The molecule has 5 nitrogen and oxygen atoms in total. The van der Waals surface area contributed by atoms with Crippen molar-refractivity contribution in [1.82, 2.24) is 15.1 Å². The third-order valence-corrected chi connectivity index (χ3v) is 4.21. The van der Waals surface area contributed by atoms with Crippen LogP contribution in [-0.2, 0) is 9.53 Å². The maximum atomic E-state index is 11.8. The molecule has 2 heterocycles. The minimum Gasteiger partial charge on any atom is -0.379 e. The van der Waals surface area contributed by atoms with Gasteiger partial charge >= 0.3 is 0 Å². The number of carbonyl (C=O) groups excluding carboxylic acids is 1. The van der Waals surface area contributed by atoms with Gasteiger partial charge in [0.15, 0.2) is 0 Å². The van der Waals surface area contributed by atoms with Gasteiger partial charge in [-0.3, -0.25) is 9.69 Å². The lowest BCUT2D eigenvalue weighted by molar-refractivity contribution is -0.121. The second-order valence-corrected chi connectivity index (χ2v) is 5.81. The first-order chi connectivity index (χ1) is 9.84. The third kappa shape index (κ3) is 6.20. The zero-order valence-electron chi connectivity index (χ0n) is 12.6. The van der Waals surface area contributed by atoms with Crippen LogP contribution in [-0.4, -0.2) is 74.7 Å². The fourth-order valence-electron chi connectivity index (χ4n) is 2.89. The average molecular weight is 283 g/mol. The van der Waals surface area contributed by atoms with Crippen molar-refractivity contribution in [1.29, 1.82) is 0 Å². The smallest absolute Gasteiger partial charge is 0.221 e. The van der Waals surface area contributed by atoms with E-state index in [2.05, 4.69) is 15.1 Å². The Morgan fingerprint density at radius 3 is 2.25 bits per heavy atom. The van der Waals surface area contributed by atoms with E-state index in [4.69, 9.17) is 4.74 Å². The molecule has 2 aliphatic rings. The lowest BCUT2D eigenvalue weighted by Crippen LogP contribution is -2.41. The standard InChI is InChI=1S/C15H29N3O2/c19-15(5-9-17-7-3-1-2-4-8-17)16-6-10-18-11-13-20-14-12-18/h1-14H2,(H,16,19). The molecule has 0 aromatic rings. The zero-order chi connectivity index (χ0) is 14.0. The molecular weight excluding hydrogens is 254 g/mol. The summed E-state index contributed by atoms with van der Waals surface area (Å²) in [5.74, 6) is 0.197. The van der Waals surface area contributed by atoms with Crippen LogP contribution < -0.4 is 5.32 Å². The second kappa shape index (κ2) is 9.32. The van der Waals surface area contributed by atoms with Gasteiger partial charge in [0.2, 0.25) is 5.91 Å². The topological polar surface area (TPSA) is 44.8 Å². The van der Waals surface area contributed by atoms with Gasteiger partial charge in [-0.25, -0.2) is 0 Å². The van der Waals surface area contributed by atoms with Crippen molar-refractivity contribution in [3.8, 4) is 0 Å². The SMILES string of the molecule is O=C(CCN1CCCCCC1)NCCN1CCOCC1. The Bertz CT molecular complexity index is 272. The zero-order valence-corrected chi connectivity index (χ0v) is 12.6. The summed E-state index contributed by atoms with van der Waals surface area (Å²) in [5, 5.41) is 3.04. The Morgan fingerprint density at radius 1 is 0.900 bits per heavy atom. The highest BCUT2D eigenvalue weighted by atomic mass is 16.5. The fourth-order valence-corrected chi connectivity index (χ4v) is 2.89. The van der Waals surface area contributed by atoms with Crippen molar-refractivity contribution >= 4 is 5.91 Å². The summed E-state index contributed by atoms with van der Waals surface area (Å²) in [5.41, 5.74) is 0. The molecule has 5 heteroatoms. The molecule has 0 atom stereocenters. The van der Waals surface area contributed by atoms with Gasteiger partial charge in [0.1, 0.15) is 0 Å². The number of rotatable bonds is 6. The quantitative estimate of drug-likeness (QED) is 0.779. The van der Waals surface area contributed by atoms with Crippen LogP contribution in [0.4, 0.5) is 0 Å². The Kier molecular flexibility index (Phi) is 7.33. The number of nitrogens with one attached hydrogen (secondary N) is 1. The Labute approximate surface area is 122 Å². The maximum Gasteiger partial charge on any atom is 0.221 e. The van der Waals surface area contributed by atoms with Crippen LogP contribution >= 0.6 is 0 Å². The summed E-state index contributed by atoms with van der Waals surface area (Å²) < 4.78 is 5.31. The van der Waals surface area contributed by atoms with E-state index in [-0.39, 0.29) is 5.91 Å². The Morgan fingerprint density at radius 2 is 1.55 bits per heavy atom. The number of morpholine rings is 1. The summed E-state index contributed by atoms with van der Waals surface area (Å²) in [6, 6.07) is 0. The number of hydrogen-bond acceptors (Lipinski definition) is 4. The Balaban J connectivity index is 1.51. The molecule has 0 aliphatic carbocycles. The highest BCUT2D eigenvalue weighted by Crippen LogP contribution is 2.09. The van der Waals surface area contributed by atoms with E-state index < -0.39 is 0 Å². The molecule has 0 unspecified atom stereocenters. The molecular formula is C15H29N3O2. The minimum atomic E-state index is 0.197. The number of hydrogen-bond donors (Lipinski definition) is 1. The molecule has 1 amide bonds. The first-order valence-corrected chi connectivity index (χ1v) is 8.14. The van der Waals surface area contributed by atoms with Crippen LogP contribution in [0.2, 0.25) is 0 Å². The average Bonchev–Trinajstić information content (AvgIpc) is 2.75. The number of ether oxygens (including phenoxy) is 1. The number of likely N-dealkylation sites (tertiary alicyclic amines) is 1. The van der Waals surface area contributed by atoms with Crippen molar-refractivity contribution in [2.24, 2.45) is 0 Å². The van der Waals surface area contributed by atoms with Crippen molar-refractivity contribution in [2.45, 2.75) is 32.1 Å². The predicted molar refractivity (Wildman–Crippen MR) is 79.8 cm³/mol. The van der Waals surface area contributed by atoms with Crippen LogP contribution in [0.3, 0.4) is 0 Å². The fraction of sp³-hybridized carbons (Fsp3) is 0.933. The van der Waals surface area contributed by atoms with E-state index in [1.54, 1.807) is 0 Å². The van der Waals surface area contributed by atoms with Gasteiger partial charge in [0.05, 0.1) is 13.2 Å². The molecule has 116 valence electrons. The summed E-state index contributed by atoms with van der Waals surface area (Å²) in [6.45, 7) is 8.59. The molecule has 0 bridgehead atoms. The lowest BCUT2D eigenvalue weighted by atomic mass is 10.2. The molecule has 2 saturated heterocycles. The summed E-state index contributed by atoms with van der Waals surface area (Å²) >= 11 is 0. The number of carbonyl (C=O) groups is 1. The molecule has 0 radical (unpaired) electrons. The van der Waals surface area contributed by atoms with Crippen molar-refractivity contribution in [3.63, 3.8) is 0 Å². The molecule has 2 fully saturated rings.